The van der Waals surface area contributed by atoms with Crippen LogP contribution in [-0.2, 0) is 28.6 Å². The first-order valence-corrected chi connectivity index (χ1v) is 14.4. The van der Waals surface area contributed by atoms with Gasteiger partial charge >= 0.3 is 11.9 Å². The van der Waals surface area contributed by atoms with Crippen LogP contribution in [0.25, 0.3) is 0 Å². The van der Waals surface area contributed by atoms with E-state index >= 15 is 0 Å². The van der Waals surface area contributed by atoms with Crippen molar-refractivity contribution in [3.05, 3.63) is 23.8 Å². The molecule has 11 atom stereocenters. The number of carbonyl (C=O) groups excluding carboxylic acids is 3. The van der Waals surface area contributed by atoms with Crippen LogP contribution in [0.3, 0.4) is 0 Å². The summed E-state index contributed by atoms with van der Waals surface area (Å²) in [6, 6.07) is 0. The van der Waals surface area contributed by atoms with E-state index in [1.807, 2.05) is 26.0 Å². The Kier molecular flexibility index (Phi) is 5.55. The van der Waals surface area contributed by atoms with Crippen molar-refractivity contribution >= 4 is 17.7 Å². The van der Waals surface area contributed by atoms with Crippen LogP contribution >= 0.6 is 0 Å². The molecule has 7 nitrogen and oxygen atoms in total. The molecule has 0 amide bonds. The van der Waals surface area contributed by atoms with Crippen LogP contribution in [0.4, 0.5) is 0 Å². The number of rotatable bonds is 4. The Bertz CT molecular complexity index is 1150. The third kappa shape index (κ3) is 3.06. The Morgan fingerprint density at radius 3 is 2.63 bits per heavy atom. The molecule has 6 aliphatic rings. The van der Waals surface area contributed by atoms with Crippen molar-refractivity contribution in [3.8, 4) is 0 Å². The highest BCUT2D eigenvalue weighted by atomic mass is 16.6. The van der Waals surface area contributed by atoms with Gasteiger partial charge in [-0.2, -0.15) is 0 Å². The Balaban J connectivity index is 1.41. The van der Waals surface area contributed by atoms with E-state index in [0.29, 0.717) is 0 Å². The molecule has 0 aromatic rings. The second-order valence-corrected chi connectivity index (χ2v) is 13.8. The second kappa shape index (κ2) is 8.03. The third-order valence-corrected chi connectivity index (χ3v) is 12.6. The van der Waals surface area contributed by atoms with E-state index in [9.17, 15) is 19.5 Å². The predicted molar refractivity (Wildman–Crippen MR) is 139 cm³/mol. The zero-order valence-corrected chi connectivity index (χ0v) is 23.5. The average molecular weight is 527 g/mol. The van der Waals surface area contributed by atoms with Gasteiger partial charge in [-0.15, -0.1) is 0 Å². The standard InChI is InChI=1S/C31H42O7/c1-17-14-24(37-26(34)18(17)2)29(6,35)22-10-12-27(4)21-15-25-31(38-25)11-7-8-23(33)28(31,5)20(21)9-13-30(22,27)16-36-19(3)32/h7-8,14,18,20-22,24-25,35H,9-13,15-16H2,1-6H3/t18?,20-,21+,22+,24+,25+,27-,28-,29+,30-,31+/m0/s1. The number of hydrogen-bond donors (Lipinski definition) is 1. The summed E-state index contributed by atoms with van der Waals surface area (Å²) in [4.78, 5) is 38.3. The van der Waals surface area contributed by atoms with Gasteiger partial charge in [0.25, 0.3) is 0 Å². The fourth-order valence-electron chi connectivity index (χ4n) is 10.0. The largest absolute Gasteiger partial charge is 0.465 e. The molecule has 6 rings (SSSR count). The number of ketones is 1. The maximum Gasteiger partial charge on any atom is 0.313 e. The van der Waals surface area contributed by atoms with E-state index in [1.165, 1.54) is 6.92 Å². The molecule has 1 N–H and O–H groups in total. The van der Waals surface area contributed by atoms with Crippen molar-refractivity contribution in [1.29, 1.82) is 0 Å². The summed E-state index contributed by atoms with van der Waals surface area (Å²) in [5.74, 6) is -0.714. The minimum absolute atomic E-state index is 0.0509. The monoisotopic (exact) mass is 526 g/mol. The van der Waals surface area contributed by atoms with Gasteiger partial charge < -0.3 is 19.3 Å². The summed E-state index contributed by atoms with van der Waals surface area (Å²) >= 11 is 0. The number of esters is 2. The summed E-state index contributed by atoms with van der Waals surface area (Å²) in [6.45, 7) is 11.6. The zero-order valence-electron chi connectivity index (χ0n) is 23.5. The smallest absolute Gasteiger partial charge is 0.313 e. The minimum Gasteiger partial charge on any atom is -0.465 e. The molecule has 2 heterocycles. The zero-order chi connectivity index (χ0) is 27.5. The lowest BCUT2D eigenvalue weighted by Gasteiger charge is -2.63. The highest BCUT2D eigenvalue weighted by molar-refractivity contribution is 5.97. The number of allylic oxidation sites excluding steroid dienone is 1. The van der Waals surface area contributed by atoms with Crippen LogP contribution in [0.15, 0.2) is 23.8 Å². The number of fused-ring (bicyclic) bond motifs is 4. The van der Waals surface area contributed by atoms with E-state index in [0.717, 1.165) is 44.1 Å². The summed E-state index contributed by atoms with van der Waals surface area (Å²) in [5.41, 5.74) is -2.20. The van der Waals surface area contributed by atoms with Gasteiger partial charge in [-0.1, -0.05) is 18.6 Å². The molecule has 0 aromatic carbocycles. The number of cyclic esters (lactones) is 1. The first kappa shape index (κ1) is 26.2. The summed E-state index contributed by atoms with van der Waals surface area (Å²) in [7, 11) is 0. The van der Waals surface area contributed by atoms with Crippen LogP contribution in [0.2, 0.25) is 0 Å². The van der Waals surface area contributed by atoms with Gasteiger partial charge in [0.1, 0.15) is 17.3 Å². The van der Waals surface area contributed by atoms with Crippen LogP contribution in [0.1, 0.15) is 80.1 Å². The molecule has 0 bridgehead atoms. The highest BCUT2D eigenvalue weighted by Crippen LogP contribution is 2.77. The van der Waals surface area contributed by atoms with Gasteiger partial charge in [0.2, 0.25) is 0 Å². The maximum atomic E-state index is 13.5. The van der Waals surface area contributed by atoms with Gasteiger partial charge in [-0.25, -0.2) is 0 Å². The van der Waals surface area contributed by atoms with Crippen molar-refractivity contribution in [2.75, 3.05) is 6.61 Å². The van der Waals surface area contributed by atoms with Crippen molar-refractivity contribution in [1.82, 2.24) is 0 Å². The average Bonchev–Trinajstić information content (AvgIpc) is 3.47. The SMILES string of the molecule is CC(=O)OC[C@]12CC[C@H]3[C@@H](C[C@H]4O[C@]45CC=CC(=O)[C@]35C)[C@]1(C)CC[C@@H]2[C@@](C)(O)[C@H]1C=C(C)C(C)C(=O)O1. The highest BCUT2D eigenvalue weighted by Gasteiger charge is 2.80. The Hall–Kier alpha value is -1.99. The molecule has 1 saturated heterocycles. The lowest BCUT2D eigenvalue weighted by molar-refractivity contribution is -0.208. The molecular formula is C31H42O7. The molecular weight excluding hydrogens is 484 g/mol. The van der Waals surface area contributed by atoms with E-state index in [1.54, 1.807) is 13.0 Å². The Morgan fingerprint density at radius 1 is 1.21 bits per heavy atom. The predicted octanol–water partition coefficient (Wildman–Crippen LogP) is 4.31. The summed E-state index contributed by atoms with van der Waals surface area (Å²) < 4.78 is 18.0. The summed E-state index contributed by atoms with van der Waals surface area (Å²) in [6.07, 6.45) is 9.68. The van der Waals surface area contributed by atoms with Crippen LogP contribution in [0, 0.1) is 39.9 Å². The van der Waals surface area contributed by atoms with Crippen molar-refractivity contribution in [2.24, 2.45) is 39.9 Å². The van der Waals surface area contributed by atoms with E-state index in [4.69, 9.17) is 14.2 Å². The fraction of sp³-hybridized carbons (Fsp3) is 0.774. The quantitative estimate of drug-likeness (QED) is 0.331. The van der Waals surface area contributed by atoms with Crippen LogP contribution < -0.4 is 0 Å². The Morgan fingerprint density at radius 2 is 1.95 bits per heavy atom. The third-order valence-electron chi connectivity index (χ3n) is 12.6. The van der Waals surface area contributed by atoms with Gasteiger partial charge in [-0.05, 0) is 95.6 Å². The molecule has 208 valence electrons. The molecule has 4 fully saturated rings. The fourth-order valence-corrected chi connectivity index (χ4v) is 10.0. The Labute approximate surface area is 225 Å². The lowest BCUT2D eigenvalue weighted by Crippen LogP contribution is -2.65. The molecule has 0 radical (unpaired) electrons. The molecule has 4 aliphatic carbocycles. The molecule has 3 saturated carbocycles. The summed E-state index contributed by atoms with van der Waals surface area (Å²) in [5, 5.41) is 12.2. The first-order chi connectivity index (χ1) is 17.7. The first-order valence-electron chi connectivity index (χ1n) is 14.4. The minimum atomic E-state index is -1.34. The van der Waals surface area contributed by atoms with Crippen molar-refractivity contribution in [3.63, 3.8) is 0 Å². The van der Waals surface area contributed by atoms with E-state index in [2.05, 4.69) is 13.8 Å². The van der Waals surface area contributed by atoms with Crippen molar-refractivity contribution in [2.45, 2.75) is 103 Å². The van der Waals surface area contributed by atoms with Gasteiger partial charge in [0, 0.05) is 18.3 Å². The topological polar surface area (TPSA) is 102 Å². The molecule has 1 unspecified atom stereocenters. The van der Waals surface area contributed by atoms with Gasteiger partial charge in [0.15, 0.2) is 5.78 Å². The molecule has 0 aromatic heterocycles. The maximum absolute atomic E-state index is 13.5. The van der Waals surface area contributed by atoms with Gasteiger partial charge in [-0.3, -0.25) is 14.4 Å². The number of aliphatic hydroxyl groups is 1. The number of epoxide rings is 1. The molecule has 38 heavy (non-hydrogen) atoms. The second-order valence-electron chi connectivity index (χ2n) is 13.8. The number of ether oxygens (including phenoxy) is 3. The van der Waals surface area contributed by atoms with Crippen molar-refractivity contribution < 1.29 is 33.7 Å². The molecule has 7 heteroatoms. The van der Waals surface area contributed by atoms with Crippen LogP contribution in [-0.4, -0.2) is 52.8 Å². The van der Waals surface area contributed by atoms with Gasteiger partial charge in [0.05, 0.1) is 24.0 Å². The van der Waals surface area contributed by atoms with E-state index in [-0.39, 0.29) is 65.1 Å². The molecule has 1 spiro atoms. The normalized spacial score (nSPS) is 50.4. The number of hydrogen-bond acceptors (Lipinski definition) is 7. The lowest BCUT2D eigenvalue weighted by atomic mass is 9.40. The number of carbonyl (C=O) groups is 3. The van der Waals surface area contributed by atoms with Crippen LogP contribution in [0.5, 0.6) is 0 Å². The molecule has 2 aliphatic heterocycles. The van der Waals surface area contributed by atoms with E-state index < -0.39 is 22.5 Å².